The van der Waals surface area contributed by atoms with Crippen LogP contribution in [0.3, 0.4) is 0 Å². The fourth-order valence-corrected chi connectivity index (χ4v) is 3.04. The van der Waals surface area contributed by atoms with Crippen molar-refractivity contribution in [3.63, 3.8) is 0 Å². The summed E-state index contributed by atoms with van der Waals surface area (Å²) >= 11 is 0. The third-order valence-corrected chi connectivity index (χ3v) is 4.34. The molecular formula is C13H25NO2. The van der Waals surface area contributed by atoms with Crippen LogP contribution in [0.1, 0.15) is 45.4 Å². The van der Waals surface area contributed by atoms with Crippen LogP contribution >= 0.6 is 0 Å². The molecule has 2 fully saturated rings. The number of hydrogen-bond donors (Lipinski definition) is 2. The lowest BCUT2D eigenvalue weighted by atomic mass is 9.84. The van der Waals surface area contributed by atoms with Gasteiger partial charge in [0.1, 0.15) is 0 Å². The first-order valence-corrected chi connectivity index (χ1v) is 6.72. The summed E-state index contributed by atoms with van der Waals surface area (Å²) in [4.78, 5) is 0. The van der Waals surface area contributed by atoms with Crippen LogP contribution in [-0.4, -0.2) is 36.5 Å². The van der Waals surface area contributed by atoms with Gasteiger partial charge in [-0.3, -0.25) is 0 Å². The zero-order chi connectivity index (χ0) is 11.4. The molecule has 2 atom stereocenters. The van der Waals surface area contributed by atoms with Crippen LogP contribution < -0.4 is 5.32 Å². The smallest absolute Gasteiger partial charge is 0.0700 e. The molecule has 94 valence electrons. The molecule has 3 nitrogen and oxygen atoms in total. The van der Waals surface area contributed by atoms with Gasteiger partial charge in [0, 0.05) is 18.7 Å². The van der Waals surface area contributed by atoms with Crippen LogP contribution in [0.25, 0.3) is 0 Å². The fourth-order valence-electron chi connectivity index (χ4n) is 3.04. The summed E-state index contributed by atoms with van der Waals surface area (Å²) in [6.07, 6.45) is 7.88. The Morgan fingerprint density at radius 1 is 1.25 bits per heavy atom. The molecule has 0 aromatic rings. The third kappa shape index (κ3) is 2.76. The monoisotopic (exact) mass is 227 g/mol. The second-order valence-electron chi connectivity index (χ2n) is 5.57. The van der Waals surface area contributed by atoms with Crippen molar-refractivity contribution in [3.8, 4) is 0 Å². The van der Waals surface area contributed by atoms with E-state index >= 15 is 0 Å². The largest absolute Gasteiger partial charge is 0.394 e. The van der Waals surface area contributed by atoms with Gasteiger partial charge in [0.05, 0.1) is 12.7 Å². The van der Waals surface area contributed by atoms with Crippen LogP contribution in [-0.2, 0) is 4.74 Å². The Balaban J connectivity index is 1.82. The van der Waals surface area contributed by atoms with Crippen molar-refractivity contribution < 1.29 is 9.84 Å². The van der Waals surface area contributed by atoms with Gasteiger partial charge in [-0.2, -0.15) is 0 Å². The topological polar surface area (TPSA) is 41.5 Å². The van der Waals surface area contributed by atoms with E-state index in [1.807, 2.05) is 0 Å². The van der Waals surface area contributed by atoms with Gasteiger partial charge in [-0.25, -0.2) is 0 Å². The van der Waals surface area contributed by atoms with E-state index in [9.17, 15) is 5.11 Å². The van der Waals surface area contributed by atoms with Crippen LogP contribution in [0.2, 0.25) is 0 Å². The Bertz CT molecular complexity index is 210. The van der Waals surface area contributed by atoms with Gasteiger partial charge in [-0.15, -0.1) is 0 Å². The van der Waals surface area contributed by atoms with E-state index in [1.165, 1.54) is 38.5 Å². The molecule has 2 aliphatic rings. The number of rotatable bonds is 5. The minimum absolute atomic E-state index is 0.0948. The Hall–Kier alpha value is -0.120. The Morgan fingerprint density at radius 2 is 2.00 bits per heavy atom. The van der Waals surface area contributed by atoms with Gasteiger partial charge in [-0.1, -0.05) is 12.8 Å². The minimum Gasteiger partial charge on any atom is -0.394 e. The van der Waals surface area contributed by atoms with Gasteiger partial charge in [0.15, 0.2) is 0 Å². The quantitative estimate of drug-likeness (QED) is 0.751. The normalized spacial score (nSPS) is 30.8. The first-order valence-electron chi connectivity index (χ1n) is 6.72. The molecule has 0 aromatic heterocycles. The zero-order valence-corrected chi connectivity index (χ0v) is 10.4. The van der Waals surface area contributed by atoms with E-state index in [-0.39, 0.29) is 12.1 Å². The molecule has 3 heteroatoms. The lowest BCUT2D eigenvalue weighted by molar-refractivity contribution is 0.0737. The highest BCUT2D eigenvalue weighted by Crippen LogP contribution is 2.33. The standard InChI is InChI=1S/C13H25NO2/c1-13(10-15,11-5-2-3-6-11)14-9-12-7-4-8-16-12/h11-12,14-15H,2-10H2,1H3. The van der Waals surface area contributed by atoms with Crippen molar-refractivity contribution in [1.82, 2.24) is 5.32 Å². The molecule has 0 aromatic carbocycles. The SMILES string of the molecule is CC(CO)(NCC1CCCO1)C1CCCC1. The molecule has 0 amide bonds. The first kappa shape index (κ1) is 12.3. The average molecular weight is 227 g/mol. The van der Waals surface area contributed by atoms with E-state index < -0.39 is 0 Å². The van der Waals surface area contributed by atoms with Gasteiger partial charge in [0.2, 0.25) is 0 Å². The Labute approximate surface area is 98.6 Å². The molecule has 2 unspecified atom stereocenters. The van der Waals surface area contributed by atoms with Crippen molar-refractivity contribution in [3.05, 3.63) is 0 Å². The summed E-state index contributed by atoms with van der Waals surface area (Å²) < 4.78 is 5.61. The molecule has 1 heterocycles. The number of aliphatic hydroxyl groups is 1. The number of ether oxygens (including phenoxy) is 1. The van der Waals surface area contributed by atoms with Gasteiger partial charge in [0.25, 0.3) is 0 Å². The fraction of sp³-hybridized carbons (Fsp3) is 1.00. The maximum Gasteiger partial charge on any atom is 0.0700 e. The first-order chi connectivity index (χ1) is 7.74. The molecule has 0 spiro atoms. The summed E-state index contributed by atoms with van der Waals surface area (Å²) in [5, 5.41) is 13.2. The lowest BCUT2D eigenvalue weighted by Crippen LogP contribution is -2.53. The van der Waals surface area contributed by atoms with Crippen molar-refractivity contribution in [2.24, 2.45) is 5.92 Å². The molecule has 1 aliphatic heterocycles. The van der Waals surface area contributed by atoms with Crippen molar-refractivity contribution >= 4 is 0 Å². The molecule has 1 saturated carbocycles. The summed E-state index contributed by atoms with van der Waals surface area (Å²) in [7, 11) is 0. The van der Waals surface area contributed by atoms with E-state index in [2.05, 4.69) is 12.2 Å². The Kier molecular flexibility index (Phi) is 4.22. The predicted octanol–water partition coefficient (Wildman–Crippen LogP) is 1.70. The molecule has 1 saturated heterocycles. The molecule has 1 aliphatic carbocycles. The highest BCUT2D eigenvalue weighted by atomic mass is 16.5. The van der Waals surface area contributed by atoms with E-state index in [1.54, 1.807) is 0 Å². The third-order valence-electron chi connectivity index (χ3n) is 4.34. The average Bonchev–Trinajstić information content (AvgIpc) is 2.98. The maximum atomic E-state index is 9.62. The Morgan fingerprint density at radius 3 is 2.56 bits per heavy atom. The van der Waals surface area contributed by atoms with Gasteiger partial charge >= 0.3 is 0 Å². The molecule has 0 radical (unpaired) electrons. The second kappa shape index (κ2) is 5.48. The zero-order valence-electron chi connectivity index (χ0n) is 10.4. The number of nitrogens with one attached hydrogen (secondary N) is 1. The van der Waals surface area contributed by atoms with Crippen LogP contribution in [0.5, 0.6) is 0 Å². The molecule has 2 N–H and O–H groups in total. The van der Waals surface area contributed by atoms with Gasteiger partial charge in [-0.05, 0) is 38.5 Å². The highest BCUT2D eigenvalue weighted by molar-refractivity contribution is 4.93. The minimum atomic E-state index is -0.0948. The maximum absolute atomic E-state index is 9.62. The molecule has 0 bridgehead atoms. The molecule has 16 heavy (non-hydrogen) atoms. The number of aliphatic hydroxyl groups excluding tert-OH is 1. The van der Waals surface area contributed by atoms with Crippen molar-refractivity contribution in [2.45, 2.75) is 57.1 Å². The summed E-state index contributed by atoms with van der Waals surface area (Å²) in [6.45, 7) is 4.21. The molecule has 2 rings (SSSR count). The van der Waals surface area contributed by atoms with Crippen LogP contribution in [0.15, 0.2) is 0 Å². The highest BCUT2D eigenvalue weighted by Gasteiger charge is 2.35. The lowest BCUT2D eigenvalue weighted by Gasteiger charge is -2.36. The van der Waals surface area contributed by atoms with E-state index in [4.69, 9.17) is 4.74 Å². The summed E-state index contributed by atoms with van der Waals surface area (Å²) in [5.74, 6) is 0.638. The van der Waals surface area contributed by atoms with Crippen LogP contribution in [0.4, 0.5) is 0 Å². The summed E-state index contributed by atoms with van der Waals surface area (Å²) in [6, 6.07) is 0. The summed E-state index contributed by atoms with van der Waals surface area (Å²) in [5.41, 5.74) is -0.0948. The van der Waals surface area contributed by atoms with Crippen molar-refractivity contribution in [1.29, 1.82) is 0 Å². The van der Waals surface area contributed by atoms with Crippen molar-refractivity contribution in [2.75, 3.05) is 19.8 Å². The van der Waals surface area contributed by atoms with E-state index in [0.717, 1.165) is 13.2 Å². The van der Waals surface area contributed by atoms with Crippen LogP contribution in [0, 0.1) is 5.92 Å². The van der Waals surface area contributed by atoms with E-state index in [0.29, 0.717) is 12.0 Å². The molecular weight excluding hydrogens is 202 g/mol. The predicted molar refractivity (Wildman–Crippen MR) is 64.4 cm³/mol. The second-order valence-corrected chi connectivity index (χ2v) is 5.57. The number of hydrogen-bond acceptors (Lipinski definition) is 3. The van der Waals surface area contributed by atoms with Gasteiger partial charge < -0.3 is 15.2 Å².